The summed E-state index contributed by atoms with van der Waals surface area (Å²) >= 11 is 0. The van der Waals surface area contributed by atoms with Gasteiger partial charge in [-0.05, 0) is 87.1 Å². The summed E-state index contributed by atoms with van der Waals surface area (Å²) in [6.07, 6.45) is 8.58. The first-order chi connectivity index (χ1) is 11.7. The van der Waals surface area contributed by atoms with E-state index in [2.05, 4.69) is 18.0 Å². The molecule has 2 N–H and O–H groups in total. The molecule has 0 amide bonds. The van der Waals surface area contributed by atoms with Gasteiger partial charge in [0.05, 0.1) is 0 Å². The van der Waals surface area contributed by atoms with E-state index in [9.17, 15) is 5.11 Å². The average Bonchev–Trinajstić information content (AvgIpc) is 3.33. The Morgan fingerprint density at radius 2 is 2.04 bits per heavy atom. The normalized spacial score (nSPS) is 33.2. The maximum atomic E-state index is 10.4. The van der Waals surface area contributed by atoms with Gasteiger partial charge in [0.2, 0.25) is 0 Å². The summed E-state index contributed by atoms with van der Waals surface area (Å²) in [5.41, 5.74) is 3.96. The van der Waals surface area contributed by atoms with Crippen LogP contribution in [0, 0.1) is 11.8 Å². The lowest BCUT2D eigenvalue weighted by Crippen LogP contribution is -2.52. The van der Waals surface area contributed by atoms with Gasteiger partial charge in [-0.3, -0.25) is 0 Å². The standard InChI is InChI=1S/C21H27NO2/c1-13-2-7-16-8-5-15-6-9-17(23)19-18(15)21(16,20(13)24-19)10-11-22-12-14-3-4-14/h6,9,14,16,20,22-23H,1-5,7-8,10-12H2/t16?,20?,21-/m0/s1. The Morgan fingerprint density at radius 1 is 1.21 bits per heavy atom. The van der Waals surface area contributed by atoms with Gasteiger partial charge in [0.1, 0.15) is 6.10 Å². The Balaban J connectivity index is 1.53. The maximum Gasteiger partial charge on any atom is 0.166 e. The van der Waals surface area contributed by atoms with E-state index < -0.39 is 0 Å². The van der Waals surface area contributed by atoms with Crippen molar-refractivity contribution in [2.75, 3.05) is 13.1 Å². The second kappa shape index (κ2) is 5.26. The topological polar surface area (TPSA) is 41.5 Å². The zero-order valence-electron chi connectivity index (χ0n) is 14.3. The highest BCUT2D eigenvalue weighted by molar-refractivity contribution is 5.61. The highest BCUT2D eigenvalue weighted by Crippen LogP contribution is 2.62. The third-order valence-corrected chi connectivity index (χ3v) is 6.91. The number of rotatable bonds is 5. The van der Waals surface area contributed by atoms with E-state index in [0.29, 0.717) is 11.7 Å². The van der Waals surface area contributed by atoms with Crippen molar-refractivity contribution in [3.63, 3.8) is 0 Å². The van der Waals surface area contributed by atoms with Gasteiger partial charge in [-0.1, -0.05) is 12.6 Å². The van der Waals surface area contributed by atoms with Gasteiger partial charge in [0.15, 0.2) is 11.5 Å². The van der Waals surface area contributed by atoms with Crippen LogP contribution in [0.4, 0.5) is 0 Å². The molecule has 3 atom stereocenters. The lowest BCUT2D eigenvalue weighted by molar-refractivity contribution is 0.0754. The smallest absolute Gasteiger partial charge is 0.166 e. The lowest BCUT2D eigenvalue weighted by Gasteiger charge is -2.49. The fourth-order valence-corrected chi connectivity index (χ4v) is 5.53. The number of aryl methyl sites for hydroxylation is 1. The lowest BCUT2D eigenvalue weighted by atomic mass is 9.54. The van der Waals surface area contributed by atoms with Gasteiger partial charge < -0.3 is 15.2 Å². The minimum atomic E-state index is 0.0353. The molecule has 0 aromatic heterocycles. The van der Waals surface area contributed by atoms with Crippen molar-refractivity contribution in [1.29, 1.82) is 0 Å². The van der Waals surface area contributed by atoms with Crippen LogP contribution in [0.15, 0.2) is 24.3 Å². The van der Waals surface area contributed by atoms with Crippen molar-refractivity contribution in [3.05, 3.63) is 35.4 Å². The first kappa shape index (κ1) is 14.8. The van der Waals surface area contributed by atoms with Gasteiger partial charge in [-0.15, -0.1) is 0 Å². The highest BCUT2D eigenvalue weighted by Gasteiger charge is 2.59. The van der Waals surface area contributed by atoms with Gasteiger partial charge in [-0.2, -0.15) is 0 Å². The summed E-state index contributed by atoms with van der Waals surface area (Å²) in [4.78, 5) is 0. The van der Waals surface area contributed by atoms with Gasteiger partial charge in [-0.25, -0.2) is 0 Å². The SMILES string of the molecule is C=C1CCC2CCc3ccc(O)c4c3[C@@]2(CCNCC2CC2)C1O4. The number of phenolic OH excluding ortho intramolecular Hbond substituents is 1. The summed E-state index contributed by atoms with van der Waals surface area (Å²) in [7, 11) is 0. The molecule has 1 aromatic rings. The van der Waals surface area contributed by atoms with Crippen LogP contribution in [0.3, 0.4) is 0 Å². The molecule has 0 radical (unpaired) electrons. The second-order valence-electron chi connectivity index (χ2n) is 8.32. The number of benzene rings is 1. The Morgan fingerprint density at radius 3 is 2.88 bits per heavy atom. The molecule has 5 rings (SSSR count). The van der Waals surface area contributed by atoms with E-state index >= 15 is 0 Å². The van der Waals surface area contributed by atoms with Crippen molar-refractivity contribution in [2.45, 2.75) is 56.5 Å². The van der Waals surface area contributed by atoms with E-state index in [1.165, 1.54) is 42.4 Å². The minimum Gasteiger partial charge on any atom is -0.504 e. The number of nitrogens with one attached hydrogen (secondary N) is 1. The number of ether oxygens (including phenoxy) is 1. The largest absolute Gasteiger partial charge is 0.504 e. The summed E-state index contributed by atoms with van der Waals surface area (Å²) in [6, 6.07) is 3.93. The maximum absolute atomic E-state index is 10.4. The van der Waals surface area contributed by atoms with Crippen LogP contribution < -0.4 is 10.1 Å². The molecule has 3 nitrogen and oxygen atoms in total. The van der Waals surface area contributed by atoms with Crippen molar-refractivity contribution >= 4 is 0 Å². The molecule has 0 spiro atoms. The molecule has 4 aliphatic rings. The van der Waals surface area contributed by atoms with Crippen LogP contribution in [-0.4, -0.2) is 24.3 Å². The predicted molar refractivity (Wildman–Crippen MR) is 94.6 cm³/mol. The number of hydrogen-bond donors (Lipinski definition) is 2. The van der Waals surface area contributed by atoms with E-state index in [-0.39, 0.29) is 11.5 Å². The van der Waals surface area contributed by atoms with Gasteiger partial charge in [0.25, 0.3) is 0 Å². The fourth-order valence-electron chi connectivity index (χ4n) is 5.53. The van der Waals surface area contributed by atoms with E-state index in [0.717, 1.165) is 44.0 Å². The van der Waals surface area contributed by atoms with Crippen LogP contribution in [0.1, 0.15) is 49.7 Å². The summed E-state index contributed by atoms with van der Waals surface area (Å²) in [6.45, 7) is 6.54. The quantitative estimate of drug-likeness (QED) is 0.641. The van der Waals surface area contributed by atoms with E-state index in [1.54, 1.807) is 0 Å². The summed E-state index contributed by atoms with van der Waals surface area (Å²) < 4.78 is 6.36. The molecular formula is C21H27NO2. The third-order valence-electron chi connectivity index (χ3n) is 6.91. The Labute approximate surface area is 144 Å². The Kier molecular flexibility index (Phi) is 3.25. The molecule has 1 aromatic carbocycles. The molecule has 2 saturated carbocycles. The zero-order chi connectivity index (χ0) is 16.3. The molecule has 2 fully saturated rings. The zero-order valence-corrected chi connectivity index (χ0v) is 14.3. The fraction of sp³-hybridized carbons (Fsp3) is 0.619. The van der Waals surface area contributed by atoms with Crippen LogP contribution >= 0.6 is 0 Å². The number of phenols is 1. The monoisotopic (exact) mass is 325 g/mol. The van der Waals surface area contributed by atoms with Crippen molar-refractivity contribution in [1.82, 2.24) is 5.32 Å². The van der Waals surface area contributed by atoms with E-state index in [4.69, 9.17) is 4.74 Å². The molecule has 1 heterocycles. The predicted octanol–water partition coefficient (Wildman–Crippen LogP) is 3.69. The molecule has 3 aliphatic carbocycles. The molecular weight excluding hydrogens is 298 g/mol. The minimum absolute atomic E-state index is 0.0353. The second-order valence-corrected chi connectivity index (χ2v) is 8.32. The molecule has 0 bridgehead atoms. The number of aromatic hydroxyl groups is 1. The van der Waals surface area contributed by atoms with Crippen molar-refractivity contribution < 1.29 is 9.84 Å². The average molecular weight is 325 g/mol. The van der Waals surface area contributed by atoms with Crippen LogP contribution in [0.2, 0.25) is 0 Å². The molecule has 24 heavy (non-hydrogen) atoms. The molecule has 1 aliphatic heterocycles. The van der Waals surface area contributed by atoms with Crippen LogP contribution in [0.25, 0.3) is 0 Å². The van der Waals surface area contributed by atoms with Crippen molar-refractivity contribution in [2.24, 2.45) is 11.8 Å². The summed E-state index contributed by atoms with van der Waals surface area (Å²) in [5, 5.41) is 14.1. The molecule has 0 saturated heterocycles. The van der Waals surface area contributed by atoms with Crippen LogP contribution in [0.5, 0.6) is 11.5 Å². The van der Waals surface area contributed by atoms with E-state index in [1.807, 2.05) is 6.07 Å². The molecule has 128 valence electrons. The first-order valence-electron chi connectivity index (χ1n) is 9.60. The van der Waals surface area contributed by atoms with Crippen LogP contribution in [-0.2, 0) is 11.8 Å². The third kappa shape index (κ3) is 2.00. The Hall–Kier alpha value is -1.48. The molecule has 3 heteroatoms. The Bertz CT molecular complexity index is 693. The molecule has 2 unspecified atom stereocenters. The number of hydrogen-bond acceptors (Lipinski definition) is 3. The first-order valence-corrected chi connectivity index (χ1v) is 9.60. The summed E-state index contributed by atoms with van der Waals surface area (Å²) in [5.74, 6) is 2.63. The van der Waals surface area contributed by atoms with Gasteiger partial charge in [0, 0.05) is 11.0 Å². The van der Waals surface area contributed by atoms with Crippen molar-refractivity contribution in [3.8, 4) is 11.5 Å². The van der Waals surface area contributed by atoms with Gasteiger partial charge >= 0.3 is 0 Å². The highest BCUT2D eigenvalue weighted by atomic mass is 16.5.